The van der Waals surface area contributed by atoms with Crippen molar-refractivity contribution in [3.8, 4) is 0 Å². The summed E-state index contributed by atoms with van der Waals surface area (Å²) < 4.78 is 15.2. The number of aromatic nitrogens is 2. The first-order valence-electron chi connectivity index (χ1n) is 9.52. The first-order chi connectivity index (χ1) is 13.5. The van der Waals surface area contributed by atoms with E-state index in [2.05, 4.69) is 4.98 Å². The van der Waals surface area contributed by atoms with Crippen molar-refractivity contribution in [2.45, 2.75) is 26.3 Å². The fraction of sp³-hybridized carbons (Fsp3) is 0.318. The minimum Gasteiger partial charge on any atom is -0.343 e. The number of likely N-dealkylation sites (tertiary alicyclic amines) is 1. The summed E-state index contributed by atoms with van der Waals surface area (Å²) in [6, 6.07) is 14.0. The van der Waals surface area contributed by atoms with Crippen LogP contribution in [-0.2, 0) is 11.3 Å². The van der Waals surface area contributed by atoms with E-state index in [1.807, 2.05) is 28.8 Å². The van der Waals surface area contributed by atoms with Gasteiger partial charge >= 0.3 is 0 Å². The van der Waals surface area contributed by atoms with E-state index in [1.165, 1.54) is 12.1 Å². The second-order valence-electron chi connectivity index (χ2n) is 7.28. The monoisotopic (exact) mass is 379 g/mol. The molecule has 1 saturated heterocycles. The van der Waals surface area contributed by atoms with E-state index in [4.69, 9.17) is 0 Å². The SMILES string of the molecule is CC(=O)N1CCC(C(=O)c2nc3ccccc3n2Cc2ccc(F)cc2)CC1. The summed E-state index contributed by atoms with van der Waals surface area (Å²) in [6.07, 6.45) is 1.30. The number of rotatable bonds is 4. The van der Waals surface area contributed by atoms with Gasteiger partial charge in [-0.05, 0) is 42.7 Å². The van der Waals surface area contributed by atoms with Crippen LogP contribution in [0.25, 0.3) is 11.0 Å². The Kier molecular flexibility index (Phi) is 4.94. The predicted molar refractivity (Wildman–Crippen MR) is 105 cm³/mol. The second kappa shape index (κ2) is 7.54. The number of carbonyl (C=O) groups excluding carboxylic acids is 2. The van der Waals surface area contributed by atoms with Crippen LogP contribution in [0.1, 0.15) is 35.9 Å². The highest BCUT2D eigenvalue weighted by molar-refractivity contribution is 5.98. The molecule has 2 heterocycles. The Hall–Kier alpha value is -3.02. The molecular weight excluding hydrogens is 357 g/mol. The third-order valence-electron chi connectivity index (χ3n) is 5.44. The van der Waals surface area contributed by atoms with Gasteiger partial charge < -0.3 is 9.47 Å². The summed E-state index contributed by atoms with van der Waals surface area (Å²) >= 11 is 0. The molecule has 0 atom stereocenters. The first kappa shape index (κ1) is 18.3. The molecule has 0 saturated carbocycles. The van der Waals surface area contributed by atoms with Gasteiger partial charge in [-0.3, -0.25) is 9.59 Å². The molecule has 6 heteroatoms. The van der Waals surface area contributed by atoms with E-state index in [-0.39, 0.29) is 23.4 Å². The molecule has 1 amide bonds. The van der Waals surface area contributed by atoms with Crippen molar-refractivity contribution >= 4 is 22.7 Å². The number of benzene rings is 2. The van der Waals surface area contributed by atoms with E-state index < -0.39 is 0 Å². The minimum absolute atomic E-state index is 0.0153. The largest absolute Gasteiger partial charge is 0.343 e. The molecule has 144 valence electrons. The molecule has 0 radical (unpaired) electrons. The number of ketones is 1. The molecule has 2 aromatic carbocycles. The summed E-state index contributed by atoms with van der Waals surface area (Å²) in [5.74, 6) is 0.0786. The van der Waals surface area contributed by atoms with E-state index in [1.54, 1.807) is 24.0 Å². The molecule has 1 aromatic heterocycles. The molecule has 1 aliphatic rings. The van der Waals surface area contributed by atoms with Crippen LogP contribution in [0.2, 0.25) is 0 Å². The zero-order valence-corrected chi connectivity index (χ0v) is 15.8. The predicted octanol–water partition coefficient (Wildman–Crippen LogP) is 3.66. The molecule has 28 heavy (non-hydrogen) atoms. The number of carbonyl (C=O) groups is 2. The summed E-state index contributed by atoms with van der Waals surface area (Å²) in [4.78, 5) is 31.2. The van der Waals surface area contributed by atoms with Gasteiger partial charge in [-0.25, -0.2) is 9.37 Å². The molecule has 0 bridgehead atoms. The van der Waals surface area contributed by atoms with Gasteiger partial charge in [-0.15, -0.1) is 0 Å². The molecule has 0 unspecified atom stereocenters. The number of nitrogens with zero attached hydrogens (tertiary/aromatic N) is 3. The Morgan fingerprint density at radius 3 is 2.43 bits per heavy atom. The molecule has 1 aliphatic heterocycles. The number of fused-ring (bicyclic) bond motifs is 1. The maximum absolute atomic E-state index is 13.3. The molecule has 0 N–H and O–H groups in total. The molecule has 4 rings (SSSR count). The number of imidazole rings is 1. The van der Waals surface area contributed by atoms with Crippen LogP contribution >= 0.6 is 0 Å². The smallest absolute Gasteiger partial charge is 0.219 e. The fourth-order valence-electron chi connectivity index (χ4n) is 3.84. The van der Waals surface area contributed by atoms with Gasteiger partial charge in [0.1, 0.15) is 5.82 Å². The first-order valence-corrected chi connectivity index (χ1v) is 9.52. The molecule has 1 fully saturated rings. The lowest BCUT2D eigenvalue weighted by atomic mass is 9.92. The second-order valence-corrected chi connectivity index (χ2v) is 7.28. The normalized spacial score (nSPS) is 15.1. The molecule has 0 aliphatic carbocycles. The number of hydrogen-bond acceptors (Lipinski definition) is 3. The topological polar surface area (TPSA) is 55.2 Å². The highest BCUT2D eigenvalue weighted by Crippen LogP contribution is 2.25. The lowest BCUT2D eigenvalue weighted by Gasteiger charge is -2.30. The lowest BCUT2D eigenvalue weighted by molar-refractivity contribution is -0.130. The summed E-state index contributed by atoms with van der Waals surface area (Å²) in [5, 5.41) is 0. The Balaban J connectivity index is 1.65. The number of piperidine rings is 1. The number of para-hydroxylation sites is 2. The maximum Gasteiger partial charge on any atom is 0.219 e. The van der Waals surface area contributed by atoms with Crippen LogP contribution in [0.3, 0.4) is 0 Å². The number of amides is 1. The highest BCUT2D eigenvalue weighted by atomic mass is 19.1. The van der Waals surface area contributed by atoms with Crippen molar-refractivity contribution in [3.63, 3.8) is 0 Å². The van der Waals surface area contributed by atoms with Gasteiger partial charge in [0, 0.05) is 32.5 Å². The summed E-state index contributed by atoms with van der Waals surface area (Å²) in [7, 11) is 0. The van der Waals surface area contributed by atoms with Crippen molar-refractivity contribution in [1.29, 1.82) is 0 Å². The Bertz CT molecular complexity index is 1020. The van der Waals surface area contributed by atoms with Crippen molar-refractivity contribution in [3.05, 3.63) is 65.7 Å². The minimum atomic E-state index is -0.284. The maximum atomic E-state index is 13.3. The molecule has 3 aromatic rings. The summed E-state index contributed by atoms with van der Waals surface area (Å²) in [5.41, 5.74) is 2.57. The fourth-order valence-corrected chi connectivity index (χ4v) is 3.84. The third kappa shape index (κ3) is 3.54. The highest BCUT2D eigenvalue weighted by Gasteiger charge is 2.30. The van der Waals surface area contributed by atoms with E-state index in [9.17, 15) is 14.0 Å². The van der Waals surface area contributed by atoms with Gasteiger partial charge in [0.2, 0.25) is 11.7 Å². The number of Topliss-reactive ketones (excluding diaryl/α,β-unsaturated/α-hetero) is 1. The Morgan fingerprint density at radius 1 is 1.07 bits per heavy atom. The van der Waals surface area contributed by atoms with Crippen LogP contribution in [0.4, 0.5) is 4.39 Å². The van der Waals surface area contributed by atoms with Gasteiger partial charge in [-0.2, -0.15) is 0 Å². The van der Waals surface area contributed by atoms with Crippen LogP contribution in [0, 0.1) is 11.7 Å². The van der Waals surface area contributed by atoms with Gasteiger partial charge in [0.25, 0.3) is 0 Å². The van der Waals surface area contributed by atoms with Crippen LogP contribution in [-0.4, -0.2) is 39.2 Å². The lowest BCUT2D eigenvalue weighted by Crippen LogP contribution is -2.39. The molecular formula is C22H22FN3O2. The van der Waals surface area contributed by atoms with E-state index >= 15 is 0 Å². The third-order valence-corrected chi connectivity index (χ3v) is 5.44. The average molecular weight is 379 g/mol. The molecule has 0 spiro atoms. The Labute approximate surface area is 162 Å². The van der Waals surface area contributed by atoms with Crippen molar-refractivity contribution in [1.82, 2.24) is 14.5 Å². The van der Waals surface area contributed by atoms with Crippen LogP contribution < -0.4 is 0 Å². The summed E-state index contributed by atoms with van der Waals surface area (Å²) in [6.45, 7) is 3.21. The quantitative estimate of drug-likeness (QED) is 0.650. The number of halogens is 1. The molecule has 5 nitrogen and oxygen atoms in total. The van der Waals surface area contributed by atoms with E-state index in [0.717, 1.165) is 16.6 Å². The van der Waals surface area contributed by atoms with Gasteiger partial charge in [0.15, 0.2) is 5.82 Å². The van der Waals surface area contributed by atoms with E-state index in [0.29, 0.717) is 38.3 Å². The van der Waals surface area contributed by atoms with Crippen LogP contribution in [0.5, 0.6) is 0 Å². The van der Waals surface area contributed by atoms with Crippen molar-refractivity contribution < 1.29 is 14.0 Å². The average Bonchev–Trinajstić information content (AvgIpc) is 3.07. The number of hydrogen-bond donors (Lipinski definition) is 0. The van der Waals surface area contributed by atoms with Crippen molar-refractivity contribution in [2.75, 3.05) is 13.1 Å². The van der Waals surface area contributed by atoms with Gasteiger partial charge in [0.05, 0.1) is 11.0 Å². The Morgan fingerprint density at radius 2 is 1.75 bits per heavy atom. The standard InChI is InChI=1S/C22H22FN3O2/c1-15(27)25-12-10-17(11-13-25)21(28)22-24-19-4-2-3-5-20(19)26(22)14-16-6-8-18(23)9-7-16/h2-9,17H,10-14H2,1H3. The zero-order valence-electron chi connectivity index (χ0n) is 15.8. The van der Waals surface area contributed by atoms with Gasteiger partial charge in [-0.1, -0.05) is 24.3 Å². The van der Waals surface area contributed by atoms with Crippen LogP contribution in [0.15, 0.2) is 48.5 Å². The van der Waals surface area contributed by atoms with Crippen molar-refractivity contribution in [2.24, 2.45) is 5.92 Å². The zero-order chi connectivity index (χ0) is 19.7.